The van der Waals surface area contributed by atoms with Gasteiger partial charge in [0.1, 0.15) is 5.69 Å². The minimum atomic E-state index is -0.477. The average molecular weight is 274 g/mol. The number of nitro benzene ring substituents is 1. The van der Waals surface area contributed by atoms with Gasteiger partial charge in [-0.2, -0.15) is 5.10 Å². The van der Waals surface area contributed by atoms with E-state index in [1.165, 1.54) is 22.9 Å². The third-order valence-corrected chi connectivity index (χ3v) is 2.79. The van der Waals surface area contributed by atoms with Crippen molar-refractivity contribution in [1.82, 2.24) is 9.78 Å². The second-order valence-electron chi connectivity index (χ2n) is 4.32. The first-order chi connectivity index (χ1) is 9.52. The van der Waals surface area contributed by atoms with Crippen LogP contribution in [0.2, 0.25) is 0 Å². The standard InChI is InChI=1S/C13H14N4O3/c1-2-6-16-13(18)11(14)8-12(15-16)9-4-3-5-10(7-9)17(19)20/h3-5,7-8H,2,6,14H2,1H3. The van der Waals surface area contributed by atoms with E-state index >= 15 is 0 Å². The largest absolute Gasteiger partial charge is 0.394 e. The molecule has 2 aromatic rings. The molecule has 0 radical (unpaired) electrons. The first-order valence-electron chi connectivity index (χ1n) is 6.15. The highest BCUT2D eigenvalue weighted by Crippen LogP contribution is 2.22. The molecule has 104 valence electrons. The third kappa shape index (κ3) is 2.66. The van der Waals surface area contributed by atoms with E-state index in [0.29, 0.717) is 17.8 Å². The Bertz CT molecular complexity index is 709. The Kier molecular flexibility index (Phi) is 3.79. The lowest BCUT2D eigenvalue weighted by molar-refractivity contribution is -0.384. The predicted molar refractivity (Wildman–Crippen MR) is 75.3 cm³/mol. The number of nitrogens with two attached hydrogens (primary N) is 1. The van der Waals surface area contributed by atoms with Crippen molar-refractivity contribution in [2.75, 3.05) is 5.73 Å². The number of nitro groups is 1. The molecule has 1 aromatic heterocycles. The van der Waals surface area contributed by atoms with Crippen molar-refractivity contribution in [1.29, 1.82) is 0 Å². The summed E-state index contributed by atoms with van der Waals surface area (Å²) in [6.07, 6.45) is 0.741. The van der Waals surface area contributed by atoms with Crippen LogP contribution in [0.25, 0.3) is 11.3 Å². The third-order valence-electron chi connectivity index (χ3n) is 2.79. The van der Waals surface area contributed by atoms with Gasteiger partial charge < -0.3 is 5.73 Å². The summed E-state index contributed by atoms with van der Waals surface area (Å²) in [5.74, 6) is 0. The molecule has 0 fully saturated rings. The molecular formula is C13H14N4O3. The normalized spacial score (nSPS) is 10.4. The Balaban J connectivity index is 2.55. The molecule has 0 spiro atoms. The average Bonchev–Trinajstić information content (AvgIpc) is 2.44. The van der Waals surface area contributed by atoms with Gasteiger partial charge in [0.2, 0.25) is 0 Å². The summed E-state index contributed by atoms with van der Waals surface area (Å²) in [4.78, 5) is 22.1. The Morgan fingerprint density at radius 2 is 2.15 bits per heavy atom. The Hall–Kier alpha value is -2.70. The van der Waals surface area contributed by atoms with Crippen molar-refractivity contribution >= 4 is 11.4 Å². The second kappa shape index (κ2) is 5.52. The van der Waals surface area contributed by atoms with Crippen LogP contribution in [-0.4, -0.2) is 14.7 Å². The number of hydrogen-bond acceptors (Lipinski definition) is 5. The summed E-state index contributed by atoms with van der Waals surface area (Å²) in [6, 6.07) is 7.50. The summed E-state index contributed by atoms with van der Waals surface area (Å²) in [5, 5.41) is 15.0. The van der Waals surface area contributed by atoms with Gasteiger partial charge in [-0.15, -0.1) is 0 Å². The topological polar surface area (TPSA) is 104 Å². The molecule has 0 bridgehead atoms. The summed E-state index contributed by atoms with van der Waals surface area (Å²) >= 11 is 0. The smallest absolute Gasteiger partial charge is 0.289 e. The lowest BCUT2D eigenvalue weighted by Gasteiger charge is -2.07. The number of hydrogen-bond donors (Lipinski definition) is 1. The van der Waals surface area contributed by atoms with E-state index in [0.717, 1.165) is 6.42 Å². The zero-order chi connectivity index (χ0) is 14.7. The van der Waals surface area contributed by atoms with Crippen molar-refractivity contribution in [3.63, 3.8) is 0 Å². The van der Waals surface area contributed by atoms with Crippen molar-refractivity contribution in [2.45, 2.75) is 19.9 Å². The Morgan fingerprint density at radius 1 is 1.40 bits per heavy atom. The number of aryl methyl sites for hydroxylation is 1. The Morgan fingerprint density at radius 3 is 2.80 bits per heavy atom. The first-order valence-corrected chi connectivity index (χ1v) is 6.15. The van der Waals surface area contributed by atoms with E-state index in [1.54, 1.807) is 12.1 Å². The molecule has 0 aliphatic heterocycles. The maximum absolute atomic E-state index is 11.8. The highest BCUT2D eigenvalue weighted by molar-refractivity contribution is 5.64. The van der Waals surface area contributed by atoms with Crippen molar-refractivity contribution < 1.29 is 4.92 Å². The van der Waals surface area contributed by atoms with Gasteiger partial charge in [0.05, 0.1) is 10.6 Å². The molecular weight excluding hydrogens is 260 g/mol. The zero-order valence-corrected chi connectivity index (χ0v) is 10.9. The fourth-order valence-electron chi connectivity index (χ4n) is 1.85. The highest BCUT2D eigenvalue weighted by Gasteiger charge is 2.11. The summed E-state index contributed by atoms with van der Waals surface area (Å²) in [6.45, 7) is 2.37. The molecule has 7 heteroatoms. The molecule has 20 heavy (non-hydrogen) atoms. The van der Waals surface area contributed by atoms with Crippen LogP contribution in [0.1, 0.15) is 13.3 Å². The van der Waals surface area contributed by atoms with Crippen LogP contribution >= 0.6 is 0 Å². The molecule has 0 saturated carbocycles. The van der Waals surface area contributed by atoms with E-state index < -0.39 is 4.92 Å². The monoisotopic (exact) mass is 274 g/mol. The quantitative estimate of drug-likeness (QED) is 0.676. The molecule has 0 atom stereocenters. The van der Waals surface area contributed by atoms with Gasteiger partial charge in [-0.05, 0) is 12.5 Å². The molecule has 7 nitrogen and oxygen atoms in total. The second-order valence-corrected chi connectivity index (χ2v) is 4.32. The van der Waals surface area contributed by atoms with Crippen LogP contribution in [0.3, 0.4) is 0 Å². The number of nitrogen functional groups attached to an aromatic ring is 1. The Labute approximate surface area is 114 Å². The molecule has 0 saturated heterocycles. The summed E-state index contributed by atoms with van der Waals surface area (Å²) in [7, 11) is 0. The SMILES string of the molecule is CCCn1nc(-c2cccc([N+](=O)[O-])c2)cc(N)c1=O. The van der Waals surface area contributed by atoms with Gasteiger partial charge in [-0.1, -0.05) is 19.1 Å². The lowest BCUT2D eigenvalue weighted by atomic mass is 10.1. The summed E-state index contributed by atoms with van der Waals surface area (Å²) < 4.78 is 1.28. The van der Waals surface area contributed by atoms with Crippen molar-refractivity contribution in [2.24, 2.45) is 0 Å². The molecule has 1 aromatic carbocycles. The maximum atomic E-state index is 11.8. The van der Waals surface area contributed by atoms with Crippen LogP contribution < -0.4 is 11.3 Å². The molecule has 0 aliphatic rings. The van der Waals surface area contributed by atoms with E-state index in [2.05, 4.69) is 5.10 Å². The van der Waals surface area contributed by atoms with Gasteiger partial charge in [0.25, 0.3) is 11.2 Å². The van der Waals surface area contributed by atoms with Crippen molar-refractivity contribution in [3.8, 4) is 11.3 Å². The molecule has 0 aliphatic carbocycles. The first kappa shape index (κ1) is 13.7. The number of aromatic nitrogens is 2. The van der Waals surface area contributed by atoms with E-state index in [4.69, 9.17) is 5.73 Å². The molecule has 2 rings (SSSR count). The molecule has 0 unspecified atom stereocenters. The number of nitrogens with zero attached hydrogens (tertiary/aromatic N) is 3. The number of non-ortho nitro benzene ring substituents is 1. The van der Waals surface area contributed by atoms with Crippen LogP contribution in [0.5, 0.6) is 0 Å². The molecule has 0 amide bonds. The van der Waals surface area contributed by atoms with Gasteiger partial charge >= 0.3 is 0 Å². The fraction of sp³-hybridized carbons (Fsp3) is 0.231. The van der Waals surface area contributed by atoms with Gasteiger partial charge in [-0.25, -0.2) is 4.68 Å². The minimum Gasteiger partial charge on any atom is -0.394 e. The zero-order valence-electron chi connectivity index (χ0n) is 10.9. The van der Waals surface area contributed by atoms with E-state index in [-0.39, 0.29) is 16.9 Å². The molecule has 2 N–H and O–H groups in total. The number of anilines is 1. The van der Waals surface area contributed by atoms with Crippen LogP contribution in [0, 0.1) is 10.1 Å². The number of benzene rings is 1. The summed E-state index contributed by atoms with van der Waals surface area (Å²) in [5.41, 5.74) is 6.38. The van der Waals surface area contributed by atoms with Crippen LogP contribution in [-0.2, 0) is 6.54 Å². The highest BCUT2D eigenvalue weighted by atomic mass is 16.6. The van der Waals surface area contributed by atoms with E-state index in [9.17, 15) is 14.9 Å². The van der Waals surface area contributed by atoms with Gasteiger partial charge in [0, 0.05) is 24.2 Å². The lowest BCUT2D eigenvalue weighted by Crippen LogP contribution is -2.25. The van der Waals surface area contributed by atoms with Crippen LogP contribution in [0.4, 0.5) is 11.4 Å². The maximum Gasteiger partial charge on any atom is 0.289 e. The fourth-order valence-corrected chi connectivity index (χ4v) is 1.85. The predicted octanol–water partition coefficient (Wildman–Crippen LogP) is 1.81. The van der Waals surface area contributed by atoms with Gasteiger partial charge in [-0.3, -0.25) is 14.9 Å². The van der Waals surface area contributed by atoms with E-state index in [1.807, 2.05) is 6.92 Å². The van der Waals surface area contributed by atoms with Crippen LogP contribution in [0.15, 0.2) is 35.1 Å². The van der Waals surface area contributed by atoms with Crippen molar-refractivity contribution in [3.05, 3.63) is 50.8 Å². The van der Waals surface area contributed by atoms with Gasteiger partial charge in [0.15, 0.2) is 0 Å². The molecule has 1 heterocycles. The minimum absolute atomic E-state index is 0.0314. The number of rotatable bonds is 4.